The molecule has 0 aliphatic carbocycles. The Balaban J connectivity index is 1.30. The molecule has 0 bridgehead atoms. The molecule has 1 saturated heterocycles. The fraction of sp³-hybridized carbons (Fsp3) is 0.292. The molecule has 1 atom stereocenters. The van der Waals surface area contributed by atoms with Gasteiger partial charge in [0.1, 0.15) is 0 Å². The van der Waals surface area contributed by atoms with Gasteiger partial charge in [-0.2, -0.15) is 5.10 Å². The second-order valence-corrected chi connectivity index (χ2v) is 8.24. The number of carbonyl (C=O) groups is 1. The van der Waals surface area contributed by atoms with E-state index in [4.69, 9.17) is 0 Å². The first-order valence-electron chi connectivity index (χ1n) is 10.9. The molecule has 32 heavy (non-hydrogen) atoms. The third kappa shape index (κ3) is 3.91. The first kappa shape index (κ1) is 20.1. The van der Waals surface area contributed by atoms with Gasteiger partial charge in [0.05, 0.1) is 22.8 Å². The van der Waals surface area contributed by atoms with Crippen LogP contribution in [0.1, 0.15) is 24.2 Å². The molecular formula is C24H25N7O. The number of anilines is 2. The van der Waals surface area contributed by atoms with Gasteiger partial charge in [0, 0.05) is 30.4 Å². The van der Waals surface area contributed by atoms with E-state index in [9.17, 15) is 4.79 Å². The monoisotopic (exact) mass is 427 g/mol. The van der Waals surface area contributed by atoms with Gasteiger partial charge in [-0.25, -0.2) is 4.68 Å². The fourth-order valence-corrected chi connectivity index (χ4v) is 4.30. The molecule has 4 aromatic rings. The topological polar surface area (TPSA) is 88.8 Å². The summed E-state index contributed by atoms with van der Waals surface area (Å²) >= 11 is 0. The molecule has 1 unspecified atom stereocenters. The molecule has 1 fully saturated rings. The standard InChI is InChI=1S/C24H25N7O/c1-16-14-17(2)31(29-16)22-11-10-21(27-28-22)30-13-5-8-19(15-30)24(32)26-20-9-3-6-18-7-4-12-25-23(18)20/h3-4,6-7,9-12,14,19H,5,8,13,15H2,1-2H3,(H,26,32). The summed E-state index contributed by atoms with van der Waals surface area (Å²) in [6, 6.07) is 15.6. The van der Waals surface area contributed by atoms with Crippen molar-refractivity contribution < 1.29 is 4.79 Å². The molecule has 4 heterocycles. The zero-order valence-electron chi connectivity index (χ0n) is 18.2. The number of hydrogen-bond acceptors (Lipinski definition) is 6. The number of aromatic nitrogens is 5. The molecule has 162 valence electrons. The van der Waals surface area contributed by atoms with Crippen molar-refractivity contribution >= 4 is 28.3 Å². The second-order valence-electron chi connectivity index (χ2n) is 8.24. The van der Waals surface area contributed by atoms with Crippen LogP contribution in [-0.2, 0) is 4.79 Å². The van der Waals surface area contributed by atoms with E-state index in [0.29, 0.717) is 12.4 Å². The van der Waals surface area contributed by atoms with E-state index in [2.05, 4.69) is 30.5 Å². The van der Waals surface area contributed by atoms with E-state index in [1.54, 1.807) is 10.9 Å². The number of nitrogens with zero attached hydrogens (tertiary/aromatic N) is 6. The molecule has 1 aromatic carbocycles. The summed E-state index contributed by atoms with van der Waals surface area (Å²) in [7, 11) is 0. The third-order valence-corrected chi connectivity index (χ3v) is 5.87. The van der Waals surface area contributed by atoms with Crippen LogP contribution in [0.25, 0.3) is 16.7 Å². The summed E-state index contributed by atoms with van der Waals surface area (Å²) in [5.74, 6) is 1.36. The predicted octanol–water partition coefficient (Wildman–Crippen LogP) is 3.68. The highest BCUT2D eigenvalue weighted by atomic mass is 16.1. The number of aryl methyl sites for hydroxylation is 2. The SMILES string of the molecule is Cc1cc(C)n(-c2ccc(N3CCCC(C(=O)Nc4cccc5cccnc45)C3)nn2)n1. The molecule has 1 aliphatic heterocycles. The molecule has 0 radical (unpaired) electrons. The van der Waals surface area contributed by atoms with Gasteiger partial charge in [-0.05, 0) is 57.0 Å². The Kier molecular flexibility index (Phi) is 5.26. The fourth-order valence-electron chi connectivity index (χ4n) is 4.30. The third-order valence-electron chi connectivity index (χ3n) is 5.87. The number of hydrogen-bond donors (Lipinski definition) is 1. The Bertz CT molecular complexity index is 1260. The number of pyridine rings is 1. The van der Waals surface area contributed by atoms with Crippen LogP contribution >= 0.6 is 0 Å². The van der Waals surface area contributed by atoms with Crippen molar-refractivity contribution in [2.24, 2.45) is 5.92 Å². The average molecular weight is 428 g/mol. The maximum atomic E-state index is 13.1. The van der Waals surface area contributed by atoms with Crippen LogP contribution in [0.15, 0.2) is 54.7 Å². The van der Waals surface area contributed by atoms with E-state index >= 15 is 0 Å². The lowest BCUT2D eigenvalue weighted by Crippen LogP contribution is -2.41. The normalized spacial score (nSPS) is 16.3. The molecule has 5 rings (SSSR count). The van der Waals surface area contributed by atoms with Crippen LogP contribution in [-0.4, -0.2) is 44.0 Å². The zero-order valence-corrected chi connectivity index (χ0v) is 18.2. The van der Waals surface area contributed by atoms with Crippen LogP contribution in [0.3, 0.4) is 0 Å². The molecule has 0 spiro atoms. The minimum atomic E-state index is -0.125. The predicted molar refractivity (Wildman–Crippen MR) is 124 cm³/mol. The van der Waals surface area contributed by atoms with Gasteiger partial charge >= 0.3 is 0 Å². The molecule has 8 nitrogen and oxygen atoms in total. The number of carbonyl (C=O) groups excluding carboxylic acids is 1. The Morgan fingerprint density at radius 3 is 2.66 bits per heavy atom. The van der Waals surface area contributed by atoms with Gasteiger partial charge in [0.15, 0.2) is 11.6 Å². The quantitative estimate of drug-likeness (QED) is 0.534. The van der Waals surface area contributed by atoms with E-state index in [1.165, 1.54) is 0 Å². The van der Waals surface area contributed by atoms with Crippen molar-refractivity contribution in [1.29, 1.82) is 0 Å². The Morgan fingerprint density at radius 2 is 1.88 bits per heavy atom. The lowest BCUT2D eigenvalue weighted by molar-refractivity contribution is -0.120. The summed E-state index contributed by atoms with van der Waals surface area (Å²) in [5, 5.41) is 17.4. The van der Waals surface area contributed by atoms with Crippen molar-refractivity contribution in [3.63, 3.8) is 0 Å². The van der Waals surface area contributed by atoms with E-state index in [0.717, 1.165) is 53.2 Å². The number of piperidine rings is 1. The summed E-state index contributed by atoms with van der Waals surface area (Å²) in [5.41, 5.74) is 3.52. The summed E-state index contributed by atoms with van der Waals surface area (Å²) in [6.45, 7) is 5.42. The van der Waals surface area contributed by atoms with Crippen molar-refractivity contribution in [1.82, 2.24) is 25.0 Å². The highest BCUT2D eigenvalue weighted by molar-refractivity contribution is 6.01. The molecule has 1 N–H and O–H groups in total. The molecule has 3 aromatic heterocycles. The highest BCUT2D eigenvalue weighted by Gasteiger charge is 2.27. The maximum Gasteiger partial charge on any atom is 0.229 e. The second kappa shape index (κ2) is 8.37. The molecule has 1 aliphatic rings. The number of nitrogens with one attached hydrogen (secondary N) is 1. The van der Waals surface area contributed by atoms with Gasteiger partial charge < -0.3 is 10.2 Å². The molecule has 1 amide bonds. The number of amides is 1. The lowest BCUT2D eigenvalue weighted by atomic mass is 9.97. The van der Waals surface area contributed by atoms with Crippen molar-refractivity contribution in [2.75, 3.05) is 23.3 Å². The van der Waals surface area contributed by atoms with Gasteiger partial charge in [0.25, 0.3) is 0 Å². The van der Waals surface area contributed by atoms with Gasteiger partial charge in [-0.1, -0.05) is 18.2 Å². The molecule has 8 heteroatoms. The smallest absolute Gasteiger partial charge is 0.229 e. The molecular weight excluding hydrogens is 402 g/mol. The largest absolute Gasteiger partial charge is 0.354 e. The summed E-state index contributed by atoms with van der Waals surface area (Å²) in [4.78, 5) is 19.6. The van der Waals surface area contributed by atoms with Crippen LogP contribution in [0.4, 0.5) is 11.5 Å². The summed E-state index contributed by atoms with van der Waals surface area (Å²) in [6.07, 6.45) is 3.51. The van der Waals surface area contributed by atoms with Crippen LogP contribution < -0.4 is 10.2 Å². The Labute approximate surface area is 186 Å². The highest BCUT2D eigenvalue weighted by Crippen LogP contribution is 2.25. The number of benzene rings is 1. The summed E-state index contributed by atoms with van der Waals surface area (Å²) < 4.78 is 1.79. The van der Waals surface area contributed by atoms with Crippen LogP contribution in [0, 0.1) is 19.8 Å². The van der Waals surface area contributed by atoms with Gasteiger partial charge in [-0.15, -0.1) is 10.2 Å². The van der Waals surface area contributed by atoms with E-state index in [1.807, 2.05) is 62.4 Å². The zero-order chi connectivity index (χ0) is 22.1. The average Bonchev–Trinajstić information content (AvgIpc) is 3.17. The van der Waals surface area contributed by atoms with Crippen LogP contribution in [0.2, 0.25) is 0 Å². The number of fused-ring (bicyclic) bond motifs is 1. The van der Waals surface area contributed by atoms with Crippen molar-refractivity contribution in [3.8, 4) is 5.82 Å². The van der Waals surface area contributed by atoms with E-state index < -0.39 is 0 Å². The first-order valence-corrected chi connectivity index (χ1v) is 10.9. The number of para-hydroxylation sites is 1. The van der Waals surface area contributed by atoms with Crippen LogP contribution in [0.5, 0.6) is 0 Å². The Morgan fingerprint density at radius 1 is 1.06 bits per heavy atom. The minimum Gasteiger partial charge on any atom is -0.354 e. The number of rotatable bonds is 4. The van der Waals surface area contributed by atoms with Crippen molar-refractivity contribution in [3.05, 3.63) is 66.1 Å². The van der Waals surface area contributed by atoms with Crippen molar-refractivity contribution in [2.45, 2.75) is 26.7 Å². The minimum absolute atomic E-state index is 0.0140. The maximum absolute atomic E-state index is 13.1. The van der Waals surface area contributed by atoms with Gasteiger partial charge in [-0.3, -0.25) is 9.78 Å². The molecule has 0 saturated carbocycles. The van der Waals surface area contributed by atoms with Gasteiger partial charge in [0.2, 0.25) is 5.91 Å². The lowest BCUT2D eigenvalue weighted by Gasteiger charge is -2.32. The Hall–Kier alpha value is -3.81. The first-order chi connectivity index (χ1) is 15.6. The van der Waals surface area contributed by atoms with E-state index in [-0.39, 0.29) is 11.8 Å².